The van der Waals surface area contributed by atoms with Crippen LogP contribution in [-0.4, -0.2) is 52.1 Å². The molecule has 1 heterocycles. The Morgan fingerprint density at radius 3 is 2.52 bits per heavy atom. The molecule has 0 bridgehead atoms. The Labute approximate surface area is 133 Å². The number of carbonyl (C=O) groups excluding carboxylic acids is 1. The maximum Gasteiger partial charge on any atom is 0.241 e. The second kappa shape index (κ2) is 6.93. The summed E-state index contributed by atoms with van der Waals surface area (Å²) in [5.74, 6) is -0.290. The van der Waals surface area contributed by atoms with Gasteiger partial charge in [0, 0.05) is 13.1 Å². The van der Waals surface area contributed by atoms with Gasteiger partial charge in [0.25, 0.3) is 0 Å². The van der Waals surface area contributed by atoms with E-state index in [4.69, 9.17) is 27.9 Å². The Morgan fingerprint density at radius 1 is 1.24 bits per heavy atom. The number of nitrogens with zero attached hydrogens (tertiary/aromatic N) is 1. The number of hydrogen-bond donors (Lipinski definition) is 1. The molecule has 1 amide bonds. The third-order valence-corrected chi connectivity index (χ3v) is 5.12. The van der Waals surface area contributed by atoms with Crippen LogP contribution in [0, 0.1) is 0 Å². The lowest BCUT2D eigenvalue weighted by Crippen LogP contribution is -2.45. The fourth-order valence-corrected chi connectivity index (χ4v) is 3.17. The molecule has 116 valence electrons. The molecule has 0 spiro atoms. The molecule has 1 fully saturated rings. The number of amides is 1. The Kier molecular flexibility index (Phi) is 5.45. The predicted octanol–water partition coefficient (Wildman–Crippen LogP) is 1.13. The summed E-state index contributed by atoms with van der Waals surface area (Å²) in [6, 6.07) is 3.96. The lowest BCUT2D eigenvalue weighted by molar-refractivity contribution is -0.133. The highest BCUT2D eigenvalue weighted by Gasteiger charge is 2.21. The minimum Gasteiger partial charge on any atom is -0.378 e. The number of rotatable bonds is 4. The second-order valence-electron chi connectivity index (χ2n) is 4.39. The van der Waals surface area contributed by atoms with Gasteiger partial charge in [0.1, 0.15) is 0 Å². The van der Waals surface area contributed by atoms with E-state index in [1.807, 2.05) is 0 Å². The molecule has 21 heavy (non-hydrogen) atoms. The molecule has 0 unspecified atom stereocenters. The Hall–Kier alpha value is -0.860. The van der Waals surface area contributed by atoms with Gasteiger partial charge in [-0.3, -0.25) is 4.79 Å². The van der Waals surface area contributed by atoms with Crippen molar-refractivity contribution in [3.8, 4) is 0 Å². The van der Waals surface area contributed by atoms with Gasteiger partial charge in [-0.2, -0.15) is 0 Å². The molecule has 1 aliphatic rings. The van der Waals surface area contributed by atoms with Crippen molar-refractivity contribution in [3.05, 3.63) is 28.2 Å². The van der Waals surface area contributed by atoms with E-state index in [0.717, 1.165) is 0 Å². The molecule has 0 saturated carbocycles. The zero-order chi connectivity index (χ0) is 15.5. The molecule has 1 N–H and O–H groups in total. The van der Waals surface area contributed by atoms with Crippen LogP contribution in [0.25, 0.3) is 0 Å². The number of halogens is 2. The Morgan fingerprint density at radius 2 is 1.90 bits per heavy atom. The van der Waals surface area contributed by atoms with Gasteiger partial charge in [0.2, 0.25) is 15.9 Å². The zero-order valence-corrected chi connectivity index (χ0v) is 13.3. The van der Waals surface area contributed by atoms with E-state index in [-0.39, 0.29) is 27.4 Å². The van der Waals surface area contributed by atoms with Crippen LogP contribution in [0.4, 0.5) is 0 Å². The number of benzene rings is 1. The number of morpholine rings is 1. The molecule has 1 saturated heterocycles. The maximum absolute atomic E-state index is 12.1. The molecular formula is C12H14Cl2N2O4S. The number of carbonyl (C=O) groups is 1. The first-order chi connectivity index (χ1) is 9.90. The van der Waals surface area contributed by atoms with E-state index in [2.05, 4.69) is 4.72 Å². The van der Waals surface area contributed by atoms with Gasteiger partial charge in [-0.05, 0) is 18.2 Å². The van der Waals surface area contributed by atoms with Gasteiger partial charge in [0.15, 0.2) is 0 Å². The van der Waals surface area contributed by atoms with E-state index in [1.54, 1.807) is 4.90 Å². The van der Waals surface area contributed by atoms with Crippen LogP contribution >= 0.6 is 23.2 Å². The lowest BCUT2D eigenvalue weighted by atomic mass is 10.4. The highest BCUT2D eigenvalue weighted by Crippen LogP contribution is 2.24. The van der Waals surface area contributed by atoms with Crippen LogP contribution in [0.1, 0.15) is 0 Å². The SMILES string of the molecule is O=C(CNS(=O)(=O)c1ccc(Cl)c(Cl)c1)N1CCOCC1. The summed E-state index contributed by atoms with van der Waals surface area (Å²) >= 11 is 11.5. The first-order valence-corrected chi connectivity index (χ1v) is 8.44. The van der Waals surface area contributed by atoms with Crippen molar-refractivity contribution < 1.29 is 17.9 Å². The van der Waals surface area contributed by atoms with Crippen LogP contribution in [0.2, 0.25) is 10.0 Å². The van der Waals surface area contributed by atoms with Crippen LogP contribution in [0.15, 0.2) is 23.1 Å². The summed E-state index contributed by atoms with van der Waals surface area (Å²) in [5, 5.41) is 0.402. The van der Waals surface area contributed by atoms with Gasteiger partial charge in [0.05, 0.1) is 34.7 Å². The van der Waals surface area contributed by atoms with Crippen molar-refractivity contribution in [2.75, 3.05) is 32.8 Å². The van der Waals surface area contributed by atoms with Gasteiger partial charge in [-0.25, -0.2) is 13.1 Å². The van der Waals surface area contributed by atoms with Crippen LogP contribution in [0.5, 0.6) is 0 Å². The molecular weight excluding hydrogens is 339 g/mol. The first-order valence-electron chi connectivity index (χ1n) is 6.20. The summed E-state index contributed by atoms with van der Waals surface area (Å²) < 4.78 is 31.5. The average molecular weight is 353 g/mol. The largest absolute Gasteiger partial charge is 0.378 e. The average Bonchev–Trinajstić information content (AvgIpc) is 2.48. The minimum atomic E-state index is -3.81. The van der Waals surface area contributed by atoms with E-state index >= 15 is 0 Å². The molecule has 0 radical (unpaired) electrons. The van der Waals surface area contributed by atoms with E-state index in [9.17, 15) is 13.2 Å². The van der Waals surface area contributed by atoms with Crippen LogP contribution < -0.4 is 4.72 Å². The second-order valence-corrected chi connectivity index (χ2v) is 6.97. The molecule has 0 atom stereocenters. The number of sulfonamides is 1. The smallest absolute Gasteiger partial charge is 0.241 e. The lowest BCUT2D eigenvalue weighted by Gasteiger charge is -2.26. The summed E-state index contributed by atoms with van der Waals surface area (Å²) in [5.41, 5.74) is 0. The zero-order valence-electron chi connectivity index (χ0n) is 11.0. The highest BCUT2D eigenvalue weighted by molar-refractivity contribution is 7.89. The summed E-state index contributed by atoms with van der Waals surface area (Å²) in [6.07, 6.45) is 0. The van der Waals surface area contributed by atoms with Gasteiger partial charge in [-0.1, -0.05) is 23.2 Å². The highest BCUT2D eigenvalue weighted by atomic mass is 35.5. The third-order valence-electron chi connectivity index (χ3n) is 2.98. The van der Waals surface area contributed by atoms with Crippen LogP contribution in [-0.2, 0) is 19.6 Å². The van der Waals surface area contributed by atoms with Gasteiger partial charge in [-0.15, -0.1) is 0 Å². The van der Waals surface area contributed by atoms with Gasteiger partial charge < -0.3 is 9.64 Å². The molecule has 2 rings (SSSR count). The standard InChI is InChI=1S/C12H14Cl2N2O4S/c13-10-2-1-9(7-11(10)14)21(18,19)15-8-12(17)16-3-5-20-6-4-16/h1-2,7,15H,3-6,8H2. The fourth-order valence-electron chi connectivity index (χ4n) is 1.81. The van der Waals surface area contributed by atoms with E-state index in [0.29, 0.717) is 26.3 Å². The molecule has 6 nitrogen and oxygen atoms in total. The third kappa shape index (κ3) is 4.31. The van der Waals surface area contributed by atoms with Crippen molar-refractivity contribution in [1.82, 2.24) is 9.62 Å². The molecule has 0 aromatic heterocycles. The number of ether oxygens (including phenoxy) is 1. The first kappa shape index (κ1) is 16.5. The fraction of sp³-hybridized carbons (Fsp3) is 0.417. The van der Waals surface area contributed by atoms with E-state index in [1.165, 1.54) is 18.2 Å². The van der Waals surface area contributed by atoms with Crippen LogP contribution in [0.3, 0.4) is 0 Å². The Balaban J connectivity index is 2.00. The maximum atomic E-state index is 12.1. The topological polar surface area (TPSA) is 75.7 Å². The predicted molar refractivity (Wildman–Crippen MR) is 79.0 cm³/mol. The molecule has 1 aliphatic heterocycles. The van der Waals surface area contributed by atoms with E-state index < -0.39 is 10.0 Å². The number of hydrogen-bond acceptors (Lipinski definition) is 4. The Bertz CT molecular complexity index is 630. The number of nitrogens with one attached hydrogen (secondary N) is 1. The van der Waals surface area contributed by atoms with Crippen molar-refractivity contribution >= 4 is 39.1 Å². The van der Waals surface area contributed by atoms with Crippen molar-refractivity contribution in [1.29, 1.82) is 0 Å². The molecule has 1 aromatic rings. The minimum absolute atomic E-state index is 0.0355. The van der Waals surface area contributed by atoms with Crippen molar-refractivity contribution in [3.63, 3.8) is 0 Å². The van der Waals surface area contributed by atoms with Gasteiger partial charge >= 0.3 is 0 Å². The molecule has 9 heteroatoms. The molecule has 0 aliphatic carbocycles. The van der Waals surface area contributed by atoms with Crippen molar-refractivity contribution in [2.45, 2.75) is 4.90 Å². The monoisotopic (exact) mass is 352 g/mol. The normalized spacial score (nSPS) is 16.0. The molecule has 1 aromatic carbocycles. The summed E-state index contributed by atoms with van der Waals surface area (Å²) in [4.78, 5) is 13.4. The quantitative estimate of drug-likeness (QED) is 0.881. The van der Waals surface area contributed by atoms with Crippen molar-refractivity contribution in [2.24, 2.45) is 0 Å². The summed E-state index contributed by atoms with van der Waals surface area (Å²) in [6.45, 7) is 1.56. The summed E-state index contributed by atoms with van der Waals surface area (Å²) in [7, 11) is -3.81.